The summed E-state index contributed by atoms with van der Waals surface area (Å²) in [5.41, 5.74) is 5.17. The first-order valence-electron chi connectivity index (χ1n) is 6.61. The standard InChI is InChI=1S/C14H28N2OS/c1-8-14(9-2,11(15)18)12(17)16(7)10(3)13(4,5)6/h10H,8-9H2,1-7H3,(H2,15,18). The van der Waals surface area contributed by atoms with Crippen LogP contribution in [0.15, 0.2) is 0 Å². The van der Waals surface area contributed by atoms with Gasteiger partial charge in [0, 0.05) is 13.1 Å². The third-order valence-electron chi connectivity index (χ3n) is 4.24. The molecule has 0 heterocycles. The van der Waals surface area contributed by atoms with E-state index in [-0.39, 0.29) is 17.4 Å². The Morgan fingerprint density at radius 3 is 1.89 bits per heavy atom. The molecule has 4 heteroatoms. The number of thiocarbonyl (C=S) groups is 1. The molecule has 2 N–H and O–H groups in total. The molecule has 0 radical (unpaired) electrons. The van der Waals surface area contributed by atoms with E-state index in [4.69, 9.17) is 18.0 Å². The van der Waals surface area contributed by atoms with Gasteiger partial charge in [-0.25, -0.2) is 0 Å². The Morgan fingerprint density at radius 2 is 1.67 bits per heavy atom. The number of nitrogens with zero attached hydrogens (tertiary/aromatic N) is 1. The lowest BCUT2D eigenvalue weighted by Crippen LogP contribution is -2.53. The summed E-state index contributed by atoms with van der Waals surface area (Å²) in [7, 11) is 1.84. The molecular formula is C14H28N2OS. The molecule has 0 rings (SSSR count). The zero-order chi connectivity index (χ0) is 14.7. The van der Waals surface area contributed by atoms with Crippen LogP contribution in [0.2, 0.25) is 0 Å². The van der Waals surface area contributed by atoms with Gasteiger partial charge in [0.2, 0.25) is 5.91 Å². The van der Waals surface area contributed by atoms with E-state index < -0.39 is 5.41 Å². The van der Waals surface area contributed by atoms with E-state index in [0.29, 0.717) is 17.8 Å². The summed E-state index contributed by atoms with van der Waals surface area (Å²) in [6, 6.07) is 0.136. The van der Waals surface area contributed by atoms with Crippen LogP contribution < -0.4 is 5.73 Å². The minimum Gasteiger partial charge on any atom is -0.392 e. The Hall–Kier alpha value is -0.640. The van der Waals surface area contributed by atoms with Crippen molar-refractivity contribution in [3.8, 4) is 0 Å². The molecule has 3 nitrogen and oxygen atoms in total. The van der Waals surface area contributed by atoms with E-state index in [2.05, 4.69) is 27.7 Å². The molecule has 0 aliphatic carbocycles. The van der Waals surface area contributed by atoms with Crippen LogP contribution in [0.4, 0.5) is 0 Å². The second-order valence-corrected chi connectivity index (χ2v) is 6.55. The molecule has 0 aromatic carbocycles. The number of carbonyl (C=O) groups is 1. The van der Waals surface area contributed by atoms with Crippen LogP contribution in [-0.2, 0) is 4.79 Å². The van der Waals surface area contributed by atoms with Gasteiger partial charge in [-0.05, 0) is 25.2 Å². The van der Waals surface area contributed by atoms with Crippen molar-refractivity contribution >= 4 is 23.1 Å². The fourth-order valence-corrected chi connectivity index (χ4v) is 2.48. The molecule has 0 aromatic heterocycles. The van der Waals surface area contributed by atoms with Gasteiger partial charge in [0.15, 0.2) is 0 Å². The molecule has 0 saturated heterocycles. The number of amides is 1. The van der Waals surface area contributed by atoms with Gasteiger partial charge in [-0.15, -0.1) is 0 Å². The minimum absolute atomic E-state index is 0.0356. The molecule has 0 fully saturated rings. The predicted molar refractivity (Wildman–Crippen MR) is 81.5 cm³/mol. The van der Waals surface area contributed by atoms with Crippen LogP contribution in [-0.4, -0.2) is 28.9 Å². The Labute approximate surface area is 117 Å². The monoisotopic (exact) mass is 272 g/mol. The highest BCUT2D eigenvalue weighted by molar-refractivity contribution is 7.80. The van der Waals surface area contributed by atoms with Crippen molar-refractivity contribution in [2.24, 2.45) is 16.6 Å². The van der Waals surface area contributed by atoms with Crippen LogP contribution in [0.5, 0.6) is 0 Å². The average Bonchev–Trinajstić information content (AvgIpc) is 2.27. The minimum atomic E-state index is -0.691. The van der Waals surface area contributed by atoms with Gasteiger partial charge in [0.05, 0.1) is 10.4 Å². The first kappa shape index (κ1) is 17.4. The van der Waals surface area contributed by atoms with E-state index in [1.54, 1.807) is 4.90 Å². The highest BCUT2D eigenvalue weighted by Gasteiger charge is 2.42. The number of carbonyl (C=O) groups excluding carboxylic acids is 1. The van der Waals surface area contributed by atoms with Gasteiger partial charge in [-0.3, -0.25) is 4.79 Å². The number of nitrogens with two attached hydrogens (primary N) is 1. The summed E-state index contributed by atoms with van der Waals surface area (Å²) >= 11 is 5.13. The van der Waals surface area contributed by atoms with Gasteiger partial charge >= 0.3 is 0 Å². The molecule has 0 aliphatic rings. The lowest BCUT2D eigenvalue weighted by Gasteiger charge is -2.41. The summed E-state index contributed by atoms with van der Waals surface area (Å²) in [6.45, 7) is 12.4. The maximum Gasteiger partial charge on any atom is 0.235 e. The molecule has 1 unspecified atom stereocenters. The topological polar surface area (TPSA) is 46.3 Å². The second-order valence-electron chi connectivity index (χ2n) is 6.11. The smallest absolute Gasteiger partial charge is 0.235 e. The van der Waals surface area contributed by atoms with E-state index in [1.165, 1.54) is 0 Å². The van der Waals surface area contributed by atoms with Crippen LogP contribution in [0.3, 0.4) is 0 Å². The first-order chi connectivity index (χ1) is 8.04. The van der Waals surface area contributed by atoms with Gasteiger partial charge in [-0.1, -0.05) is 46.8 Å². The molecule has 0 aromatic rings. The van der Waals surface area contributed by atoms with Crippen molar-refractivity contribution in [3.63, 3.8) is 0 Å². The third kappa shape index (κ3) is 3.22. The summed E-state index contributed by atoms with van der Waals surface area (Å²) in [4.78, 5) is 14.8. The van der Waals surface area contributed by atoms with Gasteiger partial charge < -0.3 is 10.6 Å². The molecular weight excluding hydrogens is 244 g/mol. The average molecular weight is 272 g/mol. The summed E-state index contributed by atoms with van der Waals surface area (Å²) in [5.74, 6) is 0.0439. The Bertz CT molecular complexity index is 316. The van der Waals surface area contributed by atoms with Crippen molar-refractivity contribution in [1.29, 1.82) is 0 Å². The third-order valence-corrected chi connectivity index (χ3v) is 4.63. The fraction of sp³-hybridized carbons (Fsp3) is 0.857. The Morgan fingerprint density at radius 1 is 1.28 bits per heavy atom. The number of rotatable bonds is 5. The van der Waals surface area contributed by atoms with Crippen LogP contribution in [0.25, 0.3) is 0 Å². The lowest BCUT2D eigenvalue weighted by molar-refractivity contribution is -0.141. The fourth-order valence-electron chi connectivity index (χ4n) is 2.10. The van der Waals surface area contributed by atoms with Crippen molar-refractivity contribution < 1.29 is 4.79 Å². The molecule has 1 atom stereocenters. The maximum absolute atomic E-state index is 12.7. The van der Waals surface area contributed by atoms with Crippen molar-refractivity contribution in [1.82, 2.24) is 4.90 Å². The highest BCUT2D eigenvalue weighted by Crippen LogP contribution is 2.32. The van der Waals surface area contributed by atoms with Gasteiger partial charge in [-0.2, -0.15) is 0 Å². The number of hydrogen-bond acceptors (Lipinski definition) is 2. The van der Waals surface area contributed by atoms with Crippen LogP contribution >= 0.6 is 12.2 Å². The largest absolute Gasteiger partial charge is 0.392 e. The predicted octanol–water partition coefficient (Wildman–Crippen LogP) is 2.97. The molecule has 18 heavy (non-hydrogen) atoms. The second kappa shape index (κ2) is 6.00. The zero-order valence-electron chi connectivity index (χ0n) is 12.8. The SMILES string of the molecule is CCC(CC)(C(=O)N(C)C(C)C(C)(C)C)C(N)=S. The van der Waals surface area contributed by atoms with E-state index in [1.807, 2.05) is 20.9 Å². The highest BCUT2D eigenvalue weighted by atomic mass is 32.1. The van der Waals surface area contributed by atoms with Crippen LogP contribution in [0, 0.1) is 10.8 Å². The molecule has 1 amide bonds. The normalized spacial score (nSPS) is 14.2. The Balaban J connectivity index is 5.30. The van der Waals surface area contributed by atoms with E-state index in [9.17, 15) is 4.79 Å². The van der Waals surface area contributed by atoms with E-state index in [0.717, 1.165) is 0 Å². The summed E-state index contributed by atoms with van der Waals surface area (Å²) in [5, 5.41) is 0. The lowest BCUT2D eigenvalue weighted by atomic mass is 9.79. The van der Waals surface area contributed by atoms with Gasteiger partial charge in [0.1, 0.15) is 0 Å². The van der Waals surface area contributed by atoms with E-state index >= 15 is 0 Å². The van der Waals surface area contributed by atoms with Crippen molar-refractivity contribution in [2.75, 3.05) is 7.05 Å². The molecule has 0 saturated carbocycles. The molecule has 0 bridgehead atoms. The molecule has 106 valence electrons. The maximum atomic E-state index is 12.7. The summed E-state index contributed by atoms with van der Waals surface area (Å²) < 4.78 is 0. The van der Waals surface area contributed by atoms with Gasteiger partial charge in [0.25, 0.3) is 0 Å². The van der Waals surface area contributed by atoms with Crippen LogP contribution in [0.1, 0.15) is 54.4 Å². The molecule has 0 aliphatic heterocycles. The zero-order valence-corrected chi connectivity index (χ0v) is 13.6. The first-order valence-corrected chi connectivity index (χ1v) is 7.02. The Kier molecular flexibility index (Phi) is 5.79. The van der Waals surface area contributed by atoms with Crippen molar-refractivity contribution in [2.45, 2.75) is 60.4 Å². The molecule has 0 spiro atoms. The quantitative estimate of drug-likeness (QED) is 0.783. The number of hydrogen-bond donors (Lipinski definition) is 1. The van der Waals surface area contributed by atoms with Crippen molar-refractivity contribution in [3.05, 3.63) is 0 Å². The summed E-state index contributed by atoms with van der Waals surface area (Å²) in [6.07, 6.45) is 1.30.